The number of halogens is 3. The summed E-state index contributed by atoms with van der Waals surface area (Å²) < 4.78 is 55.5. The van der Waals surface area contributed by atoms with Crippen molar-refractivity contribution in [3.05, 3.63) is 52.7 Å². The standard InChI is InChI=1S/C25H27F3N2O4/c1-3-6-18-21(11-9-19-22(18)34-29-23(19)25(26,27)28)33-14-5-13-30-12-4-7-16-15-17(24(31)32-2)8-10-20(16)30/h8-11,15H,3-7,12-14H2,1-2H3. The first-order valence-corrected chi connectivity index (χ1v) is 11.4. The third kappa shape index (κ3) is 4.83. The van der Waals surface area contributed by atoms with Gasteiger partial charge in [-0.25, -0.2) is 4.79 Å². The van der Waals surface area contributed by atoms with Crippen LogP contribution in [0.15, 0.2) is 34.9 Å². The number of esters is 1. The summed E-state index contributed by atoms with van der Waals surface area (Å²) in [7, 11) is 1.37. The lowest BCUT2D eigenvalue weighted by atomic mass is 9.99. The number of methoxy groups -OCH3 is 1. The average molecular weight is 476 g/mol. The zero-order valence-corrected chi connectivity index (χ0v) is 19.2. The molecule has 182 valence electrons. The molecule has 0 atom stereocenters. The fourth-order valence-corrected chi connectivity index (χ4v) is 4.46. The van der Waals surface area contributed by atoms with Gasteiger partial charge in [0.15, 0.2) is 11.3 Å². The van der Waals surface area contributed by atoms with Crippen molar-refractivity contribution in [1.82, 2.24) is 5.16 Å². The summed E-state index contributed by atoms with van der Waals surface area (Å²) in [4.78, 5) is 14.1. The molecule has 34 heavy (non-hydrogen) atoms. The Morgan fingerprint density at radius 1 is 1.24 bits per heavy atom. The Morgan fingerprint density at radius 2 is 2.06 bits per heavy atom. The molecule has 0 spiro atoms. The Hall–Kier alpha value is -3.23. The molecular formula is C25H27F3N2O4. The molecule has 0 unspecified atom stereocenters. The number of nitrogens with zero attached hydrogens (tertiary/aromatic N) is 2. The van der Waals surface area contributed by atoms with Crippen LogP contribution in [0.4, 0.5) is 18.9 Å². The monoisotopic (exact) mass is 476 g/mol. The summed E-state index contributed by atoms with van der Waals surface area (Å²) in [5, 5.41) is 3.22. The lowest BCUT2D eigenvalue weighted by Gasteiger charge is -2.31. The van der Waals surface area contributed by atoms with E-state index >= 15 is 0 Å². The largest absolute Gasteiger partial charge is 0.493 e. The highest BCUT2D eigenvalue weighted by Gasteiger charge is 2.37. The van der Waals surface area contributed by atoms with Crippen LogP contribution in [0.3, 0.4) is 0 Å². The summed E-state index contributed by atoms with van der Waals surface area (Å²) in [6.45, 7) is 4.03. The number of anilines is 1. The van der Waals surface area contributed by atoms with Gasteiger partial charge < -0.3 is 18.9 Å². The normalized spacial score (nSPS) is 13.7. The first kappa shape index (κ1) is 23.9. The van der Waals surface area contributed by atoms with Gasteiger partial charge in [-0.3, -0.25) is 0 Å². The maximum atomic E-state index is 13.2. The maximum absolute atomic E-state index is 13.2. The van der Waals surface area contributed by atoms with Crippen LogP contribution in [-0.4, -0.2) is 37.9 Å². The lowest BCUT2D eigenvalue weighted by Crippen LogP contribution is -2.31. The van der Waals surface area contributed by atoms with Crippen molar-refractivity contribution in [2.75, 3.05) is 31.7 Å². The quantitative estimate of drug-likeness (QED) is 0.302. The Labute approximate surface area is 195 Å². The van der Waals surface area contributed by atoms with Crippen LogP contribution < -0.4 is 9.64 Å². The second-order valence-electron chi connectivity index (χ2n) is 8.33. The third-order valence-electron chi connectivity index (χ3n) is 6.01. The number of benzene rings is 2. The van der Waals surface area contributed by atoms with Crippen LogP contribution in [0.25, 0.3) is 11.0 Å². The van der Waals surface area contributed by atoms with Crippen molar-refractivity contribution in [2.45, 2.75) is 45.2 Å². The van der Waals surface area contributed by atoms with Gasteiger partial charge in [-0.15, -0.1) is 0 Å². The minimum absolute atomic E-state index is 0.0421. The van der Waals surface area contributed by atoms with Crippen molar-refractivity contribution < 1.29 is 32.0 Å². The van der Waals surface area contributed by atoms with Gasteiger partial charge in [0.05, 0.1) is 24.7 Å². The van der Waals surface area contributed by atoms with Gasteiger partial charge in [-0.1, -0.05) is 18.5 Å². The Balaban J connectivity index is 1.43. The second-order valence-corrected chi connectivity index (χ2v) is 8.33. The highest BCUT2D eigenvalue weighted by molar-refractivity contribution is 5.90. The number of hydrogen-bond acceptors (Lipinski definition) is 6. The number of rotatable bonds is 8. The summed E-state index contributed by atoms with van der Waals surface area (Å²) in [6.07, 6.45) is -0.685. The van der Waals surface area contributed by atoms with Crippen molar-refractivity contribution in [3.63, 3.8) is 0 Å². The molecule has 0 bridgehead atoms. The van der Waals surface area contributed by atoms with Crippen LogP contribution in [0.1, 0.15) is 53.4 Å². The third-order valence-corrected chi connectivity index (χ3v) is 6.01. The predicted molar refractivity (Wildman–Crippen MR) is 121 cm³/mol. The molecule has 0 radical (unpaired) electrons. The molecule has 0 amide bonds. The molecule has 0 N–H and O–H groups in total. The van der Waals surface area contributed by atoms with E-state index < -0.39 is 11.9 Å². The van der Waals surface area contributed by atoms with Gasteiger partial charge in [0.25, 0.3) is 0 Å². The number of ether oxygens (including phenoxy) is 2. The summed E-state index contributed by atoms with van der Waals surface area (Å²) in [5.74, 6) is 0.184. The molecular weight excluding hydrogens is 449 g/mol. The van der Waals surface area contributed by atoms with E-state index in [1.807, 2.05) is 19.1 Å². The molecule has 0 saturated heterocycles. The molecule has 6 nitrogen and oxygen atoms in total. The van der Waals surface area contributed by atoms with E-state index in [0.717, 1.165) is 50.0 Å². The molecule has 0 aliphatic carbocycles. The predicted octanol–water partition coefficient (Wildman–Crippen LogP) is 5.81. The van der Waals surface area contributed by atoms with E-state index in [1.165, 1.54) is 13.2 Å². The lowest BCUT2D eigenvalue weighted by molar-refractivity contribution is -0.141. The maximum Gasteiger partial charge on any atom is 0.437 e. The summed E-state index contributed by atoms with van der Waals surface area (Å²) in [6, 6.07) is 8.56. The molecule has 2 heterocycles. The topological polar surface area (TPSA) is 64.8 Å². The number of alkyl halides is 3. The number of hydrogen-bond donors (Lipinski definition) is 0. The molecule has 0 saturated carbocycles. The molecule has 1 aromatic heterocycles. The molecule has 3 aromatic rings. The molecule has 2 aromatic carbocycles. The van der Waals surface area contributed by atoms with Gasteiger partial charge in [-0.05, 0) is 61.6 Å². The van der Waals surface area contributed by atoms with Crippen LogP contribution in [0.5, 0.6) is 5.75 Å². The highest BCUT2D eigenvalue weighted by Crippen LogP contribution is 2.38. The fraction of sp³-hybridized carbons (Fsp3) is 0.440. The first-order chi connectivity index (χ1) is 16.3. The fourth-order valence-electron chi connectivity index (χ4n) is 4.46. The van der Waals surface area contributed by atoms with Crippen LogP contribution in [0.2, 0.25) is 0 Å². The Morgan fingerprint density at radius 3 is 2.79 bits per heavy atom. The Kier molecular flexibility index (Phi) is 7.00. The molecule has 4 rings (SSSR count). The number of aryl methyl sites for hydroxylation is 2. The van der Waals surface area contributed by atoms with Crippen molar-refractivity contribution >= 4 is 22.6 Å². The van der Waals surface area contributed by atoms with Crippen LogP contribution >= 0.6 is 0 Å². The summed E-state index contributed by atoms with van der Waals surface area (Å²) >= 11 is 0. The van der Waals surface area contributed by atoms with E-state index in [4.69, 9.17) is 14.0 Å². The number of carbonyl (C=O) groups is 1. The SMILES string of the molecule is CCCc1c(OCCCN2CCCc3cc(C(=O)OC)ccc32)ccc2c(C(F)(F)F)noc12. The van der Waals surface area contributed by atoms with Crippen molar-refractivity contribution in [3.8, 4) is 5.75 Å². The molecule has 0 fully saturated rings. The zero-order chi connectivity index (χ0) is 24.3. The van der Waals surface area contributed by atoms with E-state index in [9.17, 15) is 18.0 Å². The Bertz CT molecular complexity index is 1170. The second kappa shape index (κ2) is 9.95. The molecule has 9 heteroatoms. The van der Waals surface area contributed by atoms with Crippen molar-refractivity contribution in [2.24, 2.45) is 0 Å². The van der Waals surface area contributed by atoms with E-state index in [1.54, 1.807) is 12.1 Å². The number of aromatic nitrogens is 1. The number of carbonyl (C=O) groups excluding carboxylic acids is 1. The van der Waals surface area contributed by atoms with E-state index in [-0.39, 0.29) is 16.9 Å². The highest BCUT2D eigenvalue weighted by atomic mass is 19.4. The smallest absolute Gasteiger partial charge is 0.437 e. The molecule has 1 aliphatic rings. The molecule has 1 aliphatic heterocycles. The van der Waals surface area contributed by atoms with E-state index in [0.29, 0.717) is 29.9 Å². The van der Waals surface area contributed by atoms with Gasteiger partial charge in [0, 0.05) is 24.3 Å². The van der Waals surface area contributed by atoms with Gasteiger partial charge in [0.1, 0.15) is 5.75 Å². The first-order valence-electron chi connectivity index (χ1n) is 11.4. The van der Waals surface area contributed by atoms with Crippen molar-refractivity contribution in [1.29, 1.82) is 0 Å². The summed E-state index contributed by atoms with van der Waals surface area (Å²) in [5.41, 5.74) is 2.52. The van der Waals surface area contributed by atoms with Gasteiger partial charge in [0.2, 0.25) is 0 Å². The number of fused-ring (bicyclic) bond motifs is 2. The van der Waals surface area contributed by atoms with Crippen LogP contribution in [-0.2, 0) is 23.8 Å². The van der Waals surface area contributed by atoms with Gasteiger partial charge in [-0.2, -0.15) is 13.2 Å². The minimum Gasteiger partial charge on any atom is -0.493 e. The zero-order valence-electron chi connectivity index (χ0n) is 19.2. The van der Waals surface area contributed by atoms with E-state index in [2.05, 4.69) is 10.1 Å². The minimum atomic E-state index is -4.57. The van der Waals surface area contributed by atoms with Crippen LogP contribution in [0, 0.1) is 0 Å². The average Bonchev–Trinajstić information content (AvgIpc) is 3.27. The van der Waals surface area contributed by atoms with Gasteiger partial charge >= 0.3 is 12.1 Å².